The molecule has 1 fully saturated rings. The fraction of sp³-hybridized carbons (Fsp3) is 0.562. The highest BCUT2D eigenvalue weighted by atomic mass is 79.9. The van der Waals surface area contributed by atoms with Gasteiger partial charge in [0.2, 0.25) is 0 Å². The van der Waals surface area contributed by atoms with Crippen LogP contribution in [0.5, 0.6) is 0 Å². The molecule has 0 aliphatic heterocycles. The van der Waals surface area contributed by atoms with Gasteiger partial charge < -0.3 is 10.5 Å². The smallest absolute Gasteiger partial charge is 0.312 e. The third kappa shape index (κ3) is 2.41. The molecule has 1 aliphatic rings. The van der Waals surface area contributed by atoms with Gasteiger partial charge in [0.1, 0.15) is 15.9 Å². The van der Waals surface area contributed by atoms with Crippen molar-refractivity contribution < 1.29 is 9.53 Å². The van der Waals surface area contributed by atoms with Crippen LogP contribution in [0.1, 0.15) is 44.9 Å². The van der Waals surface area contributed by atoms with E-state index in [0.29, 0.717) is 10.4 Å². The minimum atomic E-state index is -0.434. The number of nitrogens with two attached hydrogens (primary N) is 1. The van der Waals surface area contributed by atoms with Gasteiger partial charge in [-0.1, -0.05) is 13.8 Å². The van der Waals surface area contributed by atoms with Crippen molar-refractivity contribution in [1.29, 1.82) is 0 Å². The summed E-state index contributed by atoms with van der Waals surface area (Å²) < 4.78 is 7.76. The number of ether oxygens (including phenoxy) is 1. The van der Waals surface area contributed by atoms with E-state index in [9.17, 15) is 4.79 Å². The molecule has 7 heteroatoms. The molecule has 2 unspecified atom stereocenters. The zero-order chi connectivity index (χ0) is 16.8. The summed E-state index contributed by atoms with van der Waals surface area (Å²) in [6.07, 6.45) is 6.00. The van der Waals surface area contributed by atoms with Crippen molar-refractivity contribution >= 4 is 33.2 Å². The lowest BCUT2D eigenvalue weighted by molar-refractivity contribution is -0.155. The van der Waals surface area contributed by atoms with Gasteiger partial charge >= 0.3 is 5.97 Å². The number of nitrogen functional groups attached to an aromatic ring is 1. The topological polar surface area (TPSA) is 82.5 Å². The Labute approximate surface area is 143 Å². The first-order chi connectivity index (χ1) is 10.9. The molecule has 2 aromatic heterocycles. The van der Waals surface area contributed by atoms with Gasteiger partial charge in [0.15, 0.2) is 5.82 Å². The van der Waals surface area contributed by atoms with Crippen LogP contribution in [0.25, 0.3) is 5.52 Å². The minimum Gasteiger partial charge on any atom is -0.469 e. The minimum absolute atomic E-state index is 0.115. The molecule has 1 aliphatic carbocycles. The number of esters is 1. The van der Waals surface area contributed by atoms with Crippen LogP contribution in [-0.4, -0.2) is 27.4 Å². The highest BCUT2D eigenvalue weighted by Gasteiger charge is 2.49. The zero-order valence-corrected chi connectivity index (χ0v) is 15.1. The maximum absolute atomic E-state index is 12.4. The van der Waals surface area contributed by atoms with Gasteiger partial charge in [0, 0.05) is 18.3 Å². The van der Waals surface area contributed by atoms with Gasteiger partial charge in [0.25, 0.3) is 0 Å². The van der Waals surface area contributed by atoms with Crippen molar-refractivity contribution in [2.24, 2.45) is 11.3 Å². The van der Waals surface area contributed by atoms with Crippen LogP contribution in [0, 0.1) is 11.3 Å². The molecule has 2 aromatic rings. The maximum atomic E-state index is 12.4. The number of carbonyl (C=O) groups is 1. The van der Waals surface area contributed by atoms with E-state index in [0.717, 1.165) is 30.6 Å². The largest absolute Gasteiger partial charge is 0.469 e. The number of methoxy groups -OCH3 is 1. The normalized spacial score (nSPS) is 24.5. The Hall–Kier alpha value is -1.63. The van der Waals surface area contributed by atoms with E-state index >= 15 is 0 Å². The van der Waals surface area contributed by atoms with Crippen LogP contribution >= 0.6 is 15.9 Å². The number of aromatic nitrogens is 3. The lowest BCUT2D eigenvalue weighted by Crippen LogP contribution is -2.35. The number of imidazole rings is 1. The monoisotopic (exact) mass is 380 g/mol. The van der Waals surface area contributed by atoms with Crippen LogP contribution in [0.3, 0.4) is 0 Å². The summed E-state index contributed by atoms with van der Waals surface area (Å²) in [4.78, 5) is 21.2. The quantitative estimate of drug-likeness (QED) is 0.826. The van der Waals surface area contributed by atoms with E-state index in [1.165, 1.54) is 7.11 Å². The van der Waals surface area contributed by atoms with Crippen LogP contribution in [-0.2, 0) is 9.53 Å². The molecule has 23 heavy (non-hydrogen) atoms. The van der Waals surface area contributed by atoms with Crippen molar-refractivity contribution in [3.63, 3.8) is 0 Å². The first kappa shape index (κ1) is 16.2. The Morgan fingerprint density at radius 1 is 1.57 bits per heavy atom. The highest BCUT2D eigenvalue weighted by molar-refractivity contribution is 9.10. The molecule has 0 saturated heterocycles. The number of carbonyl (C=O) groups excluding carboxylic acids is 1. The van der Waals surface area contributed by atoms with Gasteiger partial charge in [-0.25, -0.2) is 9.97 Å². The van der Waals surface area contributed by atoms with Gasteiger partial charge in [-0.05, 0) is 41.1 Å². The summed E-state index contributed by atoms with van der Waals surface area (Å²) in [5.41, 5.74) is 6.31. The van der Waals surface area contributed by atoms with Crippen molar-refractivity contribution in [3.05, 3.63) is 22.8 Å². The number of nitrogens with zero attached hydrogens (tertiary/aromatic N) is 3. The second-order valence-electron chi connectivity index (χ2n) is 6.53. The predicted molar refractivity (Wildman–Crippen MR) is 91.0 cm³/mol. The second-order valence-corrected chi connectivity index (χ2v) is 7.29. The van der Waals surface area contributed by atoms with Crippen LogP contribution in [0.15, 0.2) is 17.0 Å². The number of rotatable bonds is 3. The van der Waals surface area contributed by atoms with E-state index in [-0.39, 0.29) is 17.8 Å². The predicted octanol–water partition coefficient (Wildman–Crippen LogP) is 3.16. The molecule has 0 amide bonds. The van der Waals surface area contributed by atoms with E-state index in [1.807, 2.05) is 10.6 Å². The van der Waals surface area contributed by atoms with Gasteiger partial charge in [-0.3, -0.25) is 9.20 Å². The third-order valence-electron chi connectivity index (χ3n) is 5.18. The summed E-state index contributed by atoms with van der Waals surface area (Å²) >= 11 is 3.47. The average molecular weight is 381 g/mol. The second kappa shape index (κ2) is 5.78. The number of fused-ring (bicyclic) bond motifs is 1. The maximum Gasteiger partial charge on any atom is 0.312 e. The molecule has 3 rings (SSSR count). The number of hydrogen-bond donors (Lipinski definition) is 1. The van der Waals surface area contributed by atoms with Gasteiger partial charge in [-0.15, -0.1) is 0 Å². The lowest BCUT2D eigenvalue weighted by Gasteiger charge is -2.30. The Morgan fingerprint density at radius 3 is 2.96 bits per heavy atom. The lowest BCUT2D eigenvalue weighted by atomic mass is 9.75. The van der Waals surface area contributed by atoms with E-state index < -0.39 is 5.41 Å². The van der Waals surface area contributed by atoms with Gasteiger partial charge in [-0.2, -0.15) is 0 Å². The SMILES string of the molecule is COC(=O)C1(C(C)C)CCC(c2nc(Br)c3c(N)nccn23)C1. The molecule has 124 valence electrons. The molecule has 0 spiro atoms. The Morgan fingerprint density at radius 2 is 2.30 bits per heavy atom. The first-order valence-electron chi connectivity index (χ1n) is 7.77. The average Bonchev–Trinajstić information content (AvgIpc) is 3.10. The molecular formula is C16H21BrN4O2. The molecule has 2 heterocycles. The first-order valence-corrected chi connectivity index (χ1v) is 8.56. The molecule has 2 N–H and O–H groups in total. The fourth-order valence-corrected chi connectivity index (χ4v) is 4.35. The molecule has 2 atom stereocenters. The number of halogens is 1. The van der Waals surface area contributed by atoms with Crippen molar-refractivity contribution in [2.45, 2.75) is 39.0 Å². The molecule has 0 bridgehead atoms. The summed E-state index contributed by atoms with van der Waals surface area (Å²) in [5, 5.41) is 0. The molecule has 1 saturated carbocycles. The van der Waals surface area contributed by atoms with Crippen molar-refractivity contribution in [1.82, 2.24) is 14.4 Å². The van der Waals surface area contributed by atoms with Crippen LogP contribution < -0.4 is 5.73 Å². The van der Waals surface area contributed by atoms with Crippen LogP contribution in [0.2, 0.25) is 0 Å². The summed E-state index contributed by atoms with van der Waals surface area (Å²) in [6.45, 7) is 4.17. The molecule has 0 radical (unpaired) electrons. The summed E-state index contributed by atoms with van der Waals surface area (Å²) in [7, 11) is 1.47. The van der Waals surface area contributed by atoms with Gasteiger partial charge in [0.05, 0.1) is 12.5 Å². The third-order valence-corrected chi connectivity index (χ3v) is 5.73. The highest BCUT2D eigenvalue weighted by Crippen LogP contribution is 2.51. The number of anilines is 1. The summed E-state index contributed by atoms with van der Waals surface area (Å²) in [5.74, 6) is 1.67. The summed E-state index contributed by atoms with van der Waals surface area (Å²) in [6, 6.07) is 0. The standard InChI is InChI=1S/C16H21BrN4O2/c1-9(2)16(15(22)23-3)5-4-10(8-16)14-20-12(17)11-13(18)19-6-7-21(11)14/h6-7,9-10H,4-5,8H2,1-3H3,(H2,18,19). The van der Waals surface area contributed by atoms with Crippen molar-refractivity contribution in [2.75, 3.05) is 12.8 Å². The molecule has 6 nitrogen and oxygen atoms in total. The Balaban J connectivity index is 2.02. The Kier molecular flexibility index (Phi) is 4.08. The Bertz CT molecular complexity index is 758. The molecular weight excluding hydrogens is 360 g/mol. The zero-order valence-electron chi connectivity index (χ0n) is 13.5. The number of hydrogen-bond acceptors (Lipinski definition) is 5. The fourth-order valence-electron chi connectivity index (χ4n) is 3.78. The van der Waals surface area contributed by atoms with E-state index in [1.54, 1.807) is 6.20 Å². The van der Waals surface area contributed by atoms with E-state index in [2.05, 4.69) is 39.7 Å². The molecule has 0 aromatic carbocycles. The van der Waals surface area contributed by atoms with E-state index in [4.69, 9.17) is 10.5 Å². The van der Waals surface area contributed by atoms with Crippen molar-refractivity contribution in [3.8, 4) is 0 Å². The van der Waals surface area contributed by atoms with Crippen LogP contribution in [0.4, 0.5) is 5.82 Å².